The smallest absolute Gasteiger partial charge is 0.323 e. The Morgan fingerprint density at radius 3 is 2.33 bits per heavy atom. The van der Waals surface area contributed by atoms with Crippen LogP contribution < -0.4 is 10.6 Å². The van der Waals surface area contributed by atoms with Crippen LogP contribution in [-0.2, 0) is 9.59 Å². The minimum Gasteiger partial charge on any atom is -0.338 e. The molecule has 40 heavy (non-hydrogen) atoms. The van der Waals surface area contributed by atoms with Crippen molar-refractivity contribution in [3.05, 3.63) is 71.2 Å². The monoisotopic (exact) mass is 544 g/mol. The Morgan fingerprint density at radius 2 is 1.70 bits per heavy atom. The van der Waals surface area contributed by atoms with Crippen molar-refractivity contribution in [2.24, 2.45) is 5.41 Å². The van der Waals surface area contributed by atoms with Gasteiger partial charge in [0.25, 0.3) is 5.91 Å². The lowest BCUT2D eigenvalue weighted by atomic mass is 9.85. The van der Waals surface area contributed by atoms with Crippen LogP contribution in [0, 0.1) is 12.3 Å². The topological polar surface area (TPSA) is 97.9 Å². The number of carbonyl (C=O) groups excluding carboxylic acids is 3. The number of likely N-dealkylation sites (N-methyl/N-ethyl adjacent to an activating group) is 1. The van der Waals surface area contributed by atoms with Gasteiger partial charge < -0.3 is 25.3 Å². The van der Waals surface area contributed by atoms with E-state index in [1.54, 1.807) is 22.2 Å². The fraction of sp³-hybridized carbons (Fsp3) is 0.419. The van der Waals surface area contributed by atoms with Gasteiger partial charge in [-0.2, -0.15) is 0 Å². The number of aromatic nitrogens is 1. The Kier molecular flexibility index (Phi) is 8.73. The van der Waals surface area contributed by atoms with Crippen LogP contribution in [0.4, 0.5) is 10.5 Å². The van der Waals surface area contributed by atoms with E-state index >= 15 is 0 Å². The zero-order valence-corrected chi connectivity index (χ0v) is 24.4. The van der Waals surface area contributed by atoms with Crippen LogP contribution in [0.15, 0.2) is 65.6 Å². The maximum atomic E-state index is 13.7. The third-order valence-electron chi connectivity index (χ3n) is 7.31. The number of hydrogen-bond acceptors (Lipinski definition) is 5. The molecule has 0 radical (unpaired) electrons. The molecule has 1 aromatic carbocycles. The molecule has 1 saturated heterocycles. The van der Waals surface area contributed by atoms with Crippen molar-refractivity contribution in [3.63, 3.8) is 0 Å². The zero-order valence-electron chi connectivity index (χ0n) is 24.4. The van der Waals surface area contributed by atoms with E-state index in [-0.39, 0.29) is 17.2 Å². The predicted molar refractivity (Wildman–Crippen MR) is 157 cm³/mol. The second kappa shape index (κ2) is 12.0. The summed E-state index contributed by atoms with van der Waals surface area (Å²) in [6.07, 6.45) is 5.94. The second-order valence-corrected chi connectivity index (χ2v) is 11.7. The fourth-order valence-electron chi connectivity index (χ4n) is 4.91. The lowest BCUT2D eigenvalue weighted by Gasteiger charge is -2.35. The molecule has 0 atom stereocenters. The molecule has 0 saturated carbocycles. The van der Waals surface area contributed by atoms with E-state index in [9.17, 15) is 14.4 Å². The van der Waals surface area contributed by atoms with Gasteiger partial charge in [0.05, 0.1) is 12.1 Å². The standard InChI is InChI=1S/C31H40N6O3/c1-21-9-10-24(18-25(21)22-8-7-11-32-19-22)33-30(40)34-27-17-23(31(2,3)4)16-26(27)29(39)37-14-12-36(13-15-37)28(38)20-35(5)6/h7-11,16,18-19H,12-15,17,20H2,1-6H3,(H2,33,34,40). The van der Waals surface area contributed by atoms with E-state index in [0.29, 0.717) is 56.1 Å². The minimum atomic E-state index is -0.399. The molecular formula is C31H40N6O3. The lowest BCUT2D eigenvalue weighted by Crippen LogP contribution is -2.52. The number of pyridine rings is 1. The van der Waals surface area contributed by atoms with Gasteiger partial charge in [-0.25, -0.2) is 4.79 Å². The maximum absolute atomic E-state index is 13.7. The summed E-state index contributed by atoms with van der Waals surface area (Å²) in [5.74, 6) is -0.0580. The molecule has 2 N–H and O–H groups in total. The SMILES string of the molecule is Cc1ccc(NC(=O)NC2=C(C(=O)N3CCN(C(=O)CN(C)C)CC3)C=C(C(C)(C)C)C2)cc1-c1cccnc1. The van der Waals surface area contributed by atoms with Gasteiger partial charge in [-0.05, 0) is 61.8 Å². The fourth-order valence-corrected chi connectivity index (χ4v) is 4.91. The highest BCUT2D eigenvalue weighted by Crippen LogP contribution is 2.37. The number of amides is 4. The number of nitrogens with zero attached hydrogens (tertiary/aromatic N) is 4. The molecule has 9 nitrogen and oxygen atoms in total. The predicted octanol–water partition coefficient (Wildman–Crippen LogP) is 4.04. The number of rotatable bonds is 6. The third-order valence-corrected chi connectivity index (χ3v) is 7.31. The van der Waals surface area contributed by atoms with Gasteiger partial charge in [0, 0.05) is 61.9 Å². The summed E-state index contributed by atoms with van der Waals surface area (Å²) in [7, 11) is 3.74. The lowest BCUT2D eigenvalue weighted by molar-refractivity contribution is -0.138. The van der Waals surface area contributed by atoms with Gasteiger partial charge in [0.1, 0.15) is 0 Å². The molecule has 1 fully saturated rings. The van der Waals surface area contributed by atoms with Crippen LogP contribution in [0.25, 0.3) is 11.1 Å². The van der Waals surface area contributed by atoms with E-state index in [1.807, 2.05) is 62.3 Å². The van der Waals surface area contributed by atoms with Gasteiger partial charge in [0.2, 0.25) is 5.91 Å². The molecule has 1 aromatic heterocycles. The van der Waals surface area contributed by atoms with Crippen molar-refractivity contribution in [3.8, 4) is 11.1 Å². The summed E-state index contributed by atoms with van der Waals surface area (Å²) in [4.78, 5) is 48.9. The normalized spacial score (nSPS) is 15.8. The summed E-state index contributed by atoms with van der Waals surface area (Å²) < 4.78 is 0. The number of carbonyl (C=O) groups is 3. The molecule has 1 aliphatic carbocycles. The van der Waals surface area contributed by atoms with Crippen LogP contribution in [-0.4, -0.2) is 84.3 Å². The van der Waals surface area contributed by atoms with Crippen LogP contribution in [0.3, 0.4) is 0 Å². The average Bonchev–Trinajstić information content (AvgIpc) is 3.34. The molecule has 1 aliphatic heterocycles. The Balaban J connectivity index is 1.48. The van der Waals surface area contributed by atoms with Gasteiger partial charge >= 0.3 is 6.03 Å². The molecule has 0 unspecified atom stereocenters. The first-order valence-corrected chi connectivity index (χ1v) is 13.7. The van der Waals surface area contributed by atoms with Gasteiger partial charge in [-0.1, -0.05) is 38.5 Å². The maximum Gasteiger partial charge on any atom is 0.323 e. The van der Waals surface area contributed by atoms with Crippen LogP contribution >= 0.6 is 0 Å². The van der Waals surface area contributed by atoms with E-state index in [4.69, 9.17) is 0 Å². The quantitative estimate of drug-likeness (QED) is 0.572. The molecule has 2 heterocycles. The van der Waals surface area contributed by atoms with E-state index in [0.717, 1.165) is 22.3 Å². The van der Waals surface area contributed by atoms with E-state index < -0.39 is 6.03 Å². The summed E-state index contributed by atoms with van der Waals surface area (Å²) in [5, 5.41) is 5.90. The van der Waals surface area contributed by atoms with Crippen molar-refractivity contribution in [1.82, 2.24) is 25.0 Å². The molecule has 4 rings (SSSR count). The summed E-state index contributed by atoms with van der Waals surface area (Å²) in [6, 6.07) is 9.22. The second-order valence-electron chi connectivity index (χ2n) is 11.7. The van der Waals surface area contributed by atoms with Gasteiger partial charge in [-0.15, -0.1) is 0 Å². The number of hydrogen-bond donors (Lipinski definition) is 2. The highest BCUT2D eigenvalue weighted by molar-refractivity contribution is 6.00. The van der Waals surface area contributed by atoms with Crippen molar-refractivity contribution < 1.29 is 14.4 Å². The Hall–Kier alpha value is -3.98. The number of anilines is 1. The first kappa shape index (κ1) is 29.0. The van der Waals surface area contributed by atoms with Crippen molar-refractivity contribution >= 4 is 23.5 Å². The van der Waals surface area contributed by atoms with Crippen molar-refractivity contribution in [2.45, 2.75) is 34.1 Å². The molecular weight excluding hydrogens is 504 g/mol. The highest BCUT2D eigenvalue weighted by atomic mass is 16.2. The summed E-state index contributed by atoms with van der Waals surface area (Å²) >= 11 is 0. The van der Waals surface area contributed by atoms with E-state index in [2.05, 4.69) is 36.4 Å². The molecule has 4 amide bonds. The average molecular weight is 545 g/mol. The number of aryl methyl sites for hydroxylation is 1. The molecule has 2 aromatic rings. The van der Waals surface area contributed by atoms with E-state index in [1.165, 1.54) is 0 Å². The molecule has 212 valence electrons. The van der Waals surface area contributed by atoms with Crippen molar-refractivity contribution in [2.75, 3.05) is 52.1 Å². The largest absolute Gasteiger partial charge is 0.338 e. The molecule has 0 spiro atoms. The number of piperazine rings is 1. The van der Waals surface area contributed by atoms with Crippen LogP contribution in [0.5, 0.6) is 0 Å². The highest BCUT2D eigenvalue weighted by Gasteiger charge is 2.32. The number of allylic oxidation sites excluding steroid dienone is 1. The van der Waals surface area contributed by atoms with Crippen LogP contribution in [0.2, 0.25) is 0 Å². The summed E-state index contributed by atoms with van der Waals surface area (Å²) in [6.45, 7) is 10.6. The third kappa shape index (κ3) is 6.96. The number of urea groups is 1. The van der Waals surface area contributed by atoms with Crippen LogP contribution in [0.1, 0.15) is 32.8 Å². The Morgan fingerprint density at radius 1 is 1.00 bits per heavy atom. The zero-order chi connectivity index (χ0) is 29.0. The Bertz CT molecular complexity index is 1330. The molecule has 2 aliphatic rings. The molecule has 0 bridgehead atoms. The summed E-state index contributed by atoms with van der Waals surface area (Å²) in [5.41, 5.74) is 5.72. The number of benzene rings is 1. The number of nitrogens with one attached hydrogen (secondary N) is 2. The van der Waals surface area contributed by atoms with Gasteiger partial charge in [0.15, 0.2) is 0 Å². The Labute approximate surface area is 236 Å². The van der Waals surface area contributed by atoms with Crippen molar-refractivity contribution in [1.29, 1.82) is 0 Å². The minimum absolute atomic E-state index is 0.0638. The first-order valence-electron chi connectivity index (χ1n) is 13.7. The van der Waals surface area contributed by atoms with Gasteiger partial charge in [-0.3, -0.25) is 14.6 Å². The molecule has 9 heteroatoms. The first-order chi connectivity index (χ1) is 18.9.